The van der Waals surface area contributed by atoms with Gasteiger partial charge in [-0.15, -0.1) is 0 Å². The van der Waals surface area contributed by atoms with Crippen LogP contribution in [0.3, 0.4) is 0 Å². The highest BCUT2D eigenvalue weighted by Gasteiger charge is 2.37. The Bertz CT molecular complexity index is 1580. The van der Waals surface area contributed by atoms with Gasteiger partial charge in [0.25, 0.3) is 0 Å². The van der Waals surface area contributed by atoms with Gasteiger partial charge in [0.05, 0.1) is 16.9 Å². The smallest absolute Gasteiger partial charge is 0.418 e. The maximum Gasteiger partial charge on any atom is 0.418 e. The van der Waals surface area contributed by atoms with Crippen LogP contribution in [-0.4, -0.2) is 9.38 Å². The lowest BCUT2D eigenvalue weighted by Gasteiger charge is -2.27. The van der Waals surface area contributed by atoms with Crippen molar-refractivity contribution in [3.05, 3.63) is 119 Å². The third-order valence-electron chi connectivity index (χ3n) is 5.57. The first kappa shape index (κ1) is 24.3. The molecule has 3 aromatic carbocycles. The average molecular weight is 570 g/mol. The molecule has 0 aliphatic rings. The molecular formula is C27H20BrF3N3OP. The van der Waals surface area contributed by atoms with Gasteiger partial charge in [0.1, 0.15) is 16.8 Å². The van der Waals surface area contributed by atoms with E-state index in [1.165, 1.54) is 12.1 Å². The Hall–Kier alpha value is -3.35. The fraction of sp³-hybridized carbons (Fsp3) is 0.0741. The highest BCUT2D eigenvalue weighted by atomic mass is 79.9. The van der Waals surface area contributed by atoms with E-state index in [0.29, 0.717) is 27.8 Å². The summed E-state index contributed by atoms with van der Waals surface area (Å²) in [6.45, 7) is 1.83. The molecule has 5 aromatic rings. The van der Waals surface area contributed by atoms with Crippen LogP contribution in [0.4, 0.5) is 18.9 Å². The van der Waals surface area contributed by atoms with Crippen LogP contribution in [0.1, 0.15) is 11.3 Å². The zero-order valence-electron chi connectivity index (χ0n) is 19.0. The Morgan fingerprint density at radius 3 is 2.25 bits per heavy atom. The summed E-state index contributed by atoms with van der Waals surface area (Å²) in [6.07, 6.45) is -2.75. The lowest BCUT2D eigenvalue weighted by atomic mass is 10.2. The average Bonchev–Trinajstić information content (AvgIpc) is 3.21. The van der Waals surface area contributed by atoms with Crippen LogP contribution in [0, 0.1) is 6.92 Å². The van der Waals surface area contributed by atoms with Gasteiger partial charge in [0, 0.05) is 16.0 Å². The van der Waals surface area contributed by atoms with Crippen LogP contribution in [0.15, 0.2) is 112 Å². The topological polar surface area (TPSA) is 38.9 Å². The van der Waals surface area contributed by atoms with E-state index in [-0.39, 0.29) is 5.69 Å². The SMILES string of the molecule is Cc1nc2ccccn2c1[P@@](=Nc1ccccc1C(F)(F)F)(Oc1ccc(Br)cc1)c1ccccc1. The Labute approximate surface area is 214 Å². The van der Waals surface area contributed by atoms with E-state index in [1.54, 1.807) is 18.2 Å². The van der Waals surface area contributed by atoms with Gasteiger partial charge in [0.15, 0.2) is 0 Å². The van der Waals surface area contributed by atoms with E-state index in [0.717, 1.165) is 10.5 Å². The summed E-state index contributed by atoms with van der Waals surface area (Å²) in [4.78, 5) is 4.69. The van der Waals surface area contributed by atoms with E-state index < -0.39 is 19.0 Å². The number of nitrogens with zero attached hydrogens (tertiary/aromatic N) is 3. The largest absolute Gasteiger partial charge is 0.450 e. The zero-order chi connectivity index (χ0) is 25.3. The van der Waals surface area contributed by atoms with E-state index in [1.807, 2.05) is 78.2 Å². The van der Waals surface area contributed by atoms with Crippen molar-refractivity contribution >= 4 is 45.3 Å². The second-order valence-electron chi connectivity index (χ2n) is 8.02. The minimum atomic E-state index is -4.58. The molecular weight excluding hydrogens is 550 g/mol. The van der Waals surface area contributed by atoms with Gasteiger partial charge in [-0.2, -0.15) is 13.2 Å². The zero-order valence-corrected chi connectivity index (χ0v) is 21.5. The van der Waals surface area contributed by atoms with Crippen molar-refractivity contribution in [2.24, 2.45) is 4.74 Å². The van der Waals surface area contributed by atoms with Gasteiger partial charge < -0.3 is 4.52 Å². The van der Waals surface area contributed by atoms with Crippen LogP contribution in [0.5, 0.6) is 5.75 Å². The molecule has 0 bridgehead atoms. The molecule has 0 saturated heterocycles. The number of imidazole rings is 1. The Morgan fingerprint density at radius 2 is 1.53 bits per heavy atom. The van der Waals surface area contributed by atoms with Crippen LogP contribution < -0.4 is 15.3 Å². The lowest BCUT2D eigenvalue weighted by molar-refractivity contribution is -0.137. The van der Waals surface area contributed by atoms with Crippen LogP contribution >= 0.6 is 23.2 Å². The monoisotopic (exact) mass is 569 g/mol. The third-order valence-corrected chi connectivity index (χ3v) is 9.19. The van der Waals surface area contributed by atoms with E-state index in [9.17, 15) is 13.2 Å². The molecule has 9 heteroatoms. The van der Waals surface area contributed by atoms with Crippen molar-refractivity contribution in [1.29, 1.82) is 0 Å². The second-order valence-corrected chi connectivity index (χ2v) is 11.4. The number of rotatable bonds is 5. The predicted octanol–water partition coefficient (Wildman–Crippen LogP) is 7.90. The maximum atomic E-state index is 14.1. The minimum Gasteiger partial charge on any atom is -0.450 e. The summed E-state index contributed by atoms with van der Waals surface area (Å²) in [5.41, 5.74) is 0.887. The number of benzene rings is 3. The first-order chi connectivity index (χ1) is 17.3. The quantitative estimate of drug-likeness (QED) is 0.202. The summed E-state index contributed by atoms with van der Waals surface area (Å²) < 4.78 is 56.5. The number of fused-ring (bicyclic) bond motifs is 1. The molecule has 1 atom stereocenters. The van der Waals surface area contributed by atoms with Crippen molar-refractivity contribution in [3.8, 4) is 5.75 Å². The third kappa shape index (κ3) is 4.59. The molecule has 2 heterocycles. The van der Waals surface area contributed by atoms with Crippen molar-refractivity contribution in [2.75, 3.05) is 0 Å². The molecule has 0 amide bonds. The Morgan fingerprint density at radius 1 is 0.861 bits per heavy atom. The summed E-state index contributed by atoms with van der Waals surface area (Å²) in [6, 6.07) is 27.3. The van der Waals surface area contributed by atoms with Gasteiger partial charge in [-0.25, -0.2) is 9.73 Å². The van der Waals surface area contributed by atoms with Crippen LogP contribution in [0.25, 0.3) is 5.65 Å². The van der Waals surface area contributed by atoms with E-state index >= 15 is 0 Å². The molecule has 0 radical (unpaired) electrons. The number of pyridine rings is 1. The molecule has 36 heavy (non-hydrogen) atoms. The molecule has 0 unspecified atom stereocenters. The van der Waals surface area contributed by atoms with Crippen molar-refractivity contribution < 1.29 is 17.7 Å². The summed E-state index contributed by atoms with van der Waals surface area (Å²) in [5, 5.41) is 0.665. The second kappa shape index (κ2) is 9.60. The first-order valence-corrected chi connectivity index (χ1v) is 13.5. The molecule has 0 saturated carbocycles. The lowest BCUT2D eigenvalue weighted by Crippen LogP contribution is -2.26. The highest BCUT2D eigenvalue weighted by molar-refractivity contribution is 9.10. The van der Waals surface area contributed by atoms with Crippen molar-refractivity contribution in [2.45, 2.75) is 13.1 Å². The maximum absolute atomic E-state index is 14.1. The molecule has 182 valence electrons. The number of aromatic nitrogens is 2. The number of alkyl halides is 3. The first-order valence-electron chi connectivity index (χ1n) is 11.0. The van der Waals surface area contributed by atoms with Gasteiger partial charge in [-0.05, 0) is 67.6 Å². The molecule has 4 nitrogen and oxygen atoms in total. The molecule has 0 N–H and O–H groups in total. The van der Waals surface area contributed by atoms with E-state index in [2.05, 4.69) is 15.9 Å². The Balaban J connectivity index is 1.93. The fourth-order valence-electron chi connectivity index (χ4n) is 4.04. The minimum absolute atomic E-state index is 0.190. The van der Waals surface area contributed by atoms with Gasteiger partial charge in [-0.3, -0.25) is 4.40 Å². The molecule has 0 aliphatic heterocycles. The number of halogens is 4. The molecule has 2 aromatic heterocycles. The molecule has 0 fully saturated rings. The van der Waals surface area contributed by atoms with Gasteiger partial charge in [0.2, 0.25) is 7.28 Å². The van der Waals surface area contributed by atoms with Crippen LogP contribution in [0.2, 0.25) is 0 Å². The van der Waals surface area contributed by atoms with Gasteiger partial charge >= 0.3 is 6.18 Å². The molecule has 0 spiro atoms. The molecule has 5 rings (SSSR count). The van der Waals surface area contributed by atoms with Crippen LogP contribution in [-0.2, 0) is 6.18 Å². The standard InChI is InChI=1S/C27H20BrF3N3OP/c1-19-26(34-18-8-7-13-25(34)32-19)36(22-9-3-2-4-10-22,35-21-16-14-20(28)15-17-21)33-24-12-6-5-11-23(24)27(29,30)31/h2-18H,1H3/t36-/m0/s1. The predicted molar refractivity (Wildman–Crippen MR) is 141 cm³/mol. The normalized spacial score (nSPS) is 13.4. The van der Waals surface area contributed by atoms with Crippen molar-refractivity contribution in [3.63, 3.8) is 0 Å². The number of hydrogen-bond donors (Lipinski definition) is 0. The van der Waals surface area contributed by atoms with E-state index in [4.69, 9.17) is 14.3 Å². The highest BCUT2D eigenvalue weighted by Crippen LogP contribution is 2.53. The fourth-order valence-corrected chi connectivity index (χ4v) is 7.42. The van der Waals surface area contributed by atoms with Crippen molar-refractivity contribution in [1.82, 2.24) is 9.38 Å². The summed E-state index contributed by atoms with van der Waals surface area (Å²) in [5.74, 6) is 0.480. The number of aryl methyl sites for hydroxylation is 1. The molecule has 0 aliphatic carbocycles. The number of hydrogen-bond acceptors (Lipinski definition) is 3. The summed E-state index contributed by atoms with van der Waals surface area (Å²) >= 11 is 3.43. The summed E-state index contributed by atoms with van der Waals surface area (Å²) in [7, 11) is -3.38. The van der Waals surface area contributed by atoms with Gasteiger partial charge in [-0.1, -0.05) is 52.3 Å². The Kier molecular flexibility index (Phi) is 6.49.